The van der Waals surface area contributed by atoms with Crippen LogP contribution in [0.5, 0.6) is 0 Å². The quantitative estimate of drug-likeness (QED) is 0.229. The van der Waals surface area contributed by atoms with Gasteiger partial charge in [-0.15, -0.1) is 10.4 Å². The minimum Gasteiger partial charge on any atom is -0.366 e. The smallest absolute Gasteiger partial charge is 0.366 e. The van der Waals surface area contributed by atoms with Crippen LogP contribution in [-0.4, -0.2) is 33.9 Å². The first kappa shape index (κ1) is 24.8. The van der Waals surface area contributed by atoms with Crippen molar-refractivity contribution in [2.45, 2.75) is 37.2 Å². The fraction of sp³-hybridized carbons (Fsp3) is 0.333. The topological polar surface area (TPSA) is 125 Å². The van der Waals surface area contributed by atoms with E-state index in [0.29, 0.717) is 12.1 Å². The number of carbonyl (C=O) groups is 2. The molecule has 0 radical (unpaired) electrons. The second kappa shape index (κ2) is 7.57. The maximum atomic E-state index is 13.3. The number of carbonyl (C=O) groups excluding carboxylic acids is 2. The number of quaternary nitrogens is 1. The second-order valence-corrected chi connectivity index (χ2v) is 8.93. The van der Waals surface area contributed by atoms with Gasteiger partial charge in [-0.2, -0.15) is 31.8 Å². The van der Waals surface area contributed by atoms with Gasteiger partial charge in [-0.3, -0.25) is 9.59 Å². The first-order chi connectivity index (χ1) is 16.0. The minimum absolute atomic E-state index is 0.0167. The third-order valence-electron chi connectivity index (χ3n) is 6.39. The highest BCUT2D eigenvalue weighted by atomic mass is 19.4. The van der Waals surface area contributed by atoms with Gasteiger partial charge in [0.1, 0.15) is 5.69 Å². The van der Waals surface area contributed by atoms with Crippen LogP contribution in [0.15, 0.2) is 42.5 Å². The van der Waals surface area contributed by atoms with E-state index in [1.807, 2.05) is 5.43 Å². The largest absolute Gasteiger partial charge is 0.416 e. The van der Waals surface area contributed by atoms with E-state index in [2.05, 4.69) is 5.32 Å². The average molecular weight is 505 g/mol. The van der Waals surface area contributed by atoms with Gasteiger partial charge in [-0.25, -0.2) is 0 Å². The van der Waals surface area contributed by atoms with Crippen molar-refractivity contribution in [1.82, 2.24) is 10.2 Å². The molecule has 3 fully saturated rings. The van der Waals surface area contributed by atoms with E-state index in [4.69, 9.17) is 5.73 Å². The average Bonchev–Trinajstić information content (AvgIpc) is 2.67. The van der Waals surface area contributed by atoms with Gasteiger partial charge in [0.05, 0.1) is 21.5 Å². The van der Waals surface area contributed by atoms with E-state index < -0.39 is 56.9 Å². The van der Waals surface area contributed by atoms with Crippen LogP contribution in [0.4, 0.5) is 37.7 Å². The number of nitrogens with zero attached hydrogens (tertiary/aromatic N) is 1. The summed E-state index contributed by atoms with van der Waals surface area (Å²) in [5.74, 6) is -1.79. The first-order valence-electron chi connectivity index (χ1n) is 10.1. The number of primary amides is 1. The zero-order valence-corrected chi connectivity index (χ0v) is 17.7. The lowest BCUT2D eigenvalue weighted by molar-refractivity contribution is -0.336. The number of hydrogen-bond donors (Lipinski definition) is 5. The molecule has 0 spiro atoms. The molecule has 2 aromatic rings. The highest BCUT2D eigenvalue weighted by molar-refractivity contribution is 6.00. The van der Waals surface area contributed by atoms with Crippen molar-refractivity contribution in [3.63, 3.8) is 0 Å². The summed E-state index contributed by atoms with van der Waals surface area (Å²) < 4.78 is 79.0. The molecule has 0 heterocycles. The van der Waals surface area contributed by atoms with Crippen molar-refractivity contribution in [2.75, 3.05) is 5.43 Å². The molecule has 8 nitrogen and oxygen atoms in total. The zero-order chi connectivity index (χ0) is 26.0. The van der Waals surface area contributed by atoms with Crippen molar-refractivity contribution in [3.8, 4) is 0 Å². The van der Waals surface area contributed by atoms with Crippen molar-refractivity contribution in [1.29, 1.82) is 0 Å². The van der Waals surface area contributed by atoms with E-state index in [1.54, 1.807) is 0 Å². The molecule has 3 saturated carbocycles. The molecule has 0 unspecified atom stereocenters. The summed E-state index contributed by atoms with van der Waals surface area (Å²) in [4.78, 5) is 21.8. The Kier molecular flexibility index (Phi) is 5.35. The normalized spacial score (nSPS) is 23.7. The molecule has 0 saturated heterocycles. The van der Waals surface area contributed by atoms with E-state index in [9.17, 15) is 46.3 Å². The number of anilines is 1. The Morgan fingerprint density at radius 2 is 1.51 bits per heavy atom. The number of nitrogens with two attached hydrogens (primary N) is 1. The summed E-state index contributed by atoms with van der Waals surface area (Å²) in [5.41, 5.74) is 1.46. The summed E-state index contributed by atoms with van der Waals surface area (Å²) in [6.45, 7) is 0. The zero-order valence-electron chi connectivity index (χ0n) is 17.7. The van der Waals surface area contributed by atoms with Crippen molar-refractivity contribution in [3.05, 3.63) is 59.2 Å². The van der Waals surface area contributed by atoms with Gasteiger partial charge in [0.15, 0.2) is 0 Å². The van der Waals surface area contributed by atoms with Crippen LogP contribution < -0.4 is 21.4 Å². The van der Waals surface area contributed by atoms with Gasteiger partial charge in [0.2, 0.25) is 11.6 Å². The lowest BCUT2D eigenvalue weighted by Gasteiger charge is -2.70. The summed E-state index contributed by atoms with van der Waals surface area (Å²) in [5, 5.41) is 23.3. The van der Waals surface area contributed by atoms with Crippen LogP contribution in [-0.2, 0) is 6.18 Å². The number of amides is 2. The Labute approximate surface area is 193 Å². The molecule has 2 bridgehead atoms. The Morgan fingerprint density at radius 1 is 0.943 bits per heavy atom. The number of alkyl halides is 6. The molecule has 35 heavy (non-hydrogen) atoms. The third-order valence-corrected chi connectivity index (χ3v) is 6.39. The Hall–Kier alpha value is -3.36. The molecule has 3 aliphatic rings. The molecule has 188 valence electrons. The van der Waals surface area contributed by atoms with Gasteiger partial charge in [-0.1, -0.05) is 0 Å². The second-order valence-electron chi connectivity index (χ2n) is 8.93. The van der Waals surface area contributed by atoms with Crippen LogP contribution in [0.2, 0.25) is 0 Å². The number of benzene rings is 2. The summed E-state index contributed by atoms with van der Waals surface area (Å²) in [7, 11) is 0. The van der Waals surface area contributed by atoms with Crippen LogP contribution >= 0.6 is 0 Å². The molecule has 3 aliphatic carbocycles. The maximum absolute atomic E-state index is 13.3. The number of hydrogen-bond acceptors (Lipinski definition) is 5. The van der Waals surface area contributed by atoms with Crippen molar-refractivity contribution >= 4 is 23.2 Å². The lowest BCUT2D eigenvalue weighted by atomic mass is 9.39. The number of rotatable bonds is 6. The standard InChI is InChI=1S/C21H18F6N4O4/c22-20(23,24)12-3-6-14(17(33)29-19-8-18(9-19,10-19)21(25,26)27)15(7-12)30-31(34,35)13-4-1-11(2-5-13)16(28)32/h1-7,34-35H,8-10H2,(H3-,28,29,30,32,33)/p+1. The molecule has 2 aromatic carbocycles. The first-order valence-corrected chi connectivity index (χ1v) is 10.1. The Bertz CT molecular complexity index is 1170. The fourth-order valence-electron chi connectivity index (χ4n) is 4.61. The highest BCUT2D eigenvalue weighted by Gasteiger charge is 2.79. The van der Waals surface area contributed by atoms with E-state index in [0.717, 1.165) is 30.3 Å². The maximum Gasteiger partial charge on any atom is 0.416 e. The molecule has 0 aliphatic heterocycles. The van der Waals surface area contributed by atoms with Gasteiger partial charge < -0.3 is 11.1 Å². The summed E-state index contributed by atoms with van der Waals surface area (Å²) in [6, 6.07) is 6.21. The van der Waals surface area contributed by atoms with Crippen LogP contribution in [0.1, 0.15) is 45.5 Å². The molecule has 14 heteroatoms. The molecule has 0 atom stereocenters. The van der Waals surface area contributed by atoms with Gasteiger partial charge in [0.25, 0.3) is 5.91 Å². The predicted octanol–water partition coefficient (Wildman–Crippen LogP) is 4.13. The minimum atomic E-state index is -4.85. The van der Waals surface area contributed by atoms with Gasteiger partial charge >= 0.3 is 12.4 Å². The number of nitrogens with one attached hydrogen (secondary N) is 2. The Morgan fingerprint density at radius 3 is 2.00 bits per heavy atom. The van der Waals surface area contributed by atoms with E-state index >= 15 is 0 Å². The summed E-state index contributed by atoms with van der Waals surface area (Å²) >= 11 is 0. The molecular weight excluding hydrogens is 486 g/mol. The monoisotopic (exact) mass is 505 g/mol. The third kappa shape index (κ3) is 4.28. The van der Waals surface area contributed by atoms with E-state index in [1.165, 1.54) is 0 Å². The van der Waals surface area contributed by atoms with Crippen LogP contribution in [0.25, 0.3) is 0 Å². The molecular formula is C21H19F6N4O4+. The van der Waals surface area contributed by atoms with Gasteiger partial charge in [-0.05, 0) is 49.6 Å². The SMILES string of the molecule is NC(=O)c1ccc([N+](O)(O)Nc2cc(C(F)(F)F)ccc2C(=O)NC23CC(C(F)(F)F)(C2)C3)cc1. The number of halogens is 6. The molecule has 0 aromatic heterocycles. The van der Waals surface area contributed by atoms with Crippen molar-refractivity contribution < 1.29 is 46.3 Å². The molecule has 2 amide bonds. The van der Waals surface area contributed by atoms with Crippen LogP contribution in [0, 0.1) is 5.41 Å². The van der Waals surface area contributed by atoms with Crippen molar-refractivity contribution in [2.24, 2.45) is 11.1 Å². The van der Waals surface area contributed by atoms with Gasteiger partial charge in [0, 0.05) is 23.2 Å². The Balaban J connectivity index is 1.60. The molecule has 6 N–H and O–H groups in total. The highest BCUT2D eigenvalue weighted by Crippen LogP contribution is 2.73. The lowest BCUT2D eigenvalue weighted by Crippen LogP contribution is -2.78. The van der Waals surface area contributed by atoms with E-state index in [-0.39, 0.29) is 30.5 Å². The molecule has 5 rings (SSSR count). The fourth-order valence-corrected chi connectivity index (χ4v) is 4.61. The summed E-state index contributed by atoms with van der Waals surface area (Å²) in [6.07, 6.45) is -10.3. The predicted molar refractivity (Wildman–Crippen MR) is 108 cm³/mol. The van der Waals surface area contributed by atoms with Crippen LogP contribution in [0.3, 0.4) is 0 Å².